The van der Waals surface area contributed by atoms with E-state index in [9.17, 15) is 14.4 Å². The molecule has 0 radical (unpaired) electrons. The maximum atomic E-state index is 12.3. The van der Waals surface area contributed by atoms with Crippen molar-refractivity contribution in [1.82, 2.24) is 9.88 Å². The van der Waals surface area contributed by atoms with E-state index in [1.54, 1.807) is 6.07 Å². The zero-order chi connectivity index (χ0) is 16.1. The molecule has 3 rings (SSSR count). The van der Waals surface area contributed by atoms with E-state index in [1.807, 2.05) is 32.9 Å². The van der Waals surface area contributed by atoms with E-state index in [4.69, 9.17) is 4.42 Å². The first kappa shape index (κ1) is 14.6. The van der Waals surface area contributed by atoms with Gasteiger partial charge in [0, 0.05) is 12.0 Å². The Bertz CT molecular complexity index is 823. The summed E-state index contributed by atoms with van der Waals surface area (Å²) in [6, 6.07) is 4.82. The molecule has 1 saturated heterocycles. The Morgan fingerprint density at radius 2 is 1.95 bits per heavy atom. The standard InChI is InChI=1S/C16H18N2O4/c1-16(2,3)9-5-4-6-10-13(9)22-15(21)18(10)11-7-8-12(19)17-14(11)20/h4-6,11H,7-8H2,1-3H3,(H,17,19,20)/t11-/m0/s1. The molecule has 1 N–H and O–H groups in total. The molecule has 2 amide bonds. The molecule has 0 aliphatic carbocycles. The van der Waals surface area contributed by atoms with Crippen LogP contribution >= 0.6 is 0 Å². The Hall–Kier alpha value is -2.37. The van der Waals surface area contributed by atoms with Gasteiger partial charge in [-0.15, -0.1) is 0 Å². The molecule has 1 aromatic heterocycles. The van der Waals surface area contributed by atoms with E-state index in [-0.39, 0.29) is 17.7 Å². The first-order chi connectivity index (χ1) is 10.3. The number of carbonyl (C=O) groups excluding carboxylic acids is 2. The Kier molecular flexibility index (Phi) is 3.20. The number of imide groups is 1. The van der Waals surface area contributed by atoms with Gasteiger partial charge in [-0.25, -0.2) is 4.79 Å². The van der Waals surface area contributed by atoms with Crippen molar-refractivity contribution in [2.75, 3.05) is 0 Å². The smallest absolute Gasteiger partial charge is 0.407 e. The van der Waals surface area contributed by atoms with Gasteiger partial charge in [0.25, 0.3) is 0 Å². The maximum absolute atomic E-state index is 12.3. The van der Waals surface area contributed by atoms with E-state index in [0.29, 0.717) is 17.5 Å². The highest BCUT2D eigenvalue weighted by atomic mass is 16.4. The monoisotopic (exact) mass is 302 g/mol. The Morgan fingerprint density at radius 1 is 1.23 bits per heavy atom. The number of aromatic nitrogens is 1. The summed E-state index contributed by atoms with van der Waals surface area (Å²) in [4.78, 5) is 35.6. The van der Waals surface area contributed by atoms with Crippen molar-refractivity contribution < 1.29 is 14.0 Å². The molecule has 1 aromatic carbocycles. The lowest BCUT2D eigenvalue weighted by molar-refractivity contribution is -0.135. The van der Waals surface area contributed by atoms with Crippen molar-refractivity contribution in [3.63, 3.8) is 0 Å². The van der Waals surface area contributed by atoms with Gasteiger partial charge in [-0.3, -0.25) is 19.5 Å². The Morgan fingerprint density at radius 3 is 2.59 bits per heavy atom. The third-order valence-electron chi connectivity index (χ3n) is 3.97. The highest BCUT2D eigenvalue weighted by Crippen LogP contribution is 2.31. The normalized spacial score (nSPS) is 19.5. The van der Waals surface area contributed by atoms with Crippen LogP contribution in [0.3, 0.4) is 0 Å². The molecule has 0 saturated carbocycles. The summed E-state index contributed by atoms with van der Waals surface area (Å²) in [6.45, 7) is 6.10. The SMILES string of the molecule is CC(C)(C)c1cccc2c1oc(=O)n2[C@H]1CCC(=O)NC1=O. The van der Waals surface area contributed by atoms with Gasteiger partial charge in [0.2, 0.25) is 11.8 Å². The van der Waals surface area contributed by atoms with E-state index in [1.165, 1.54) is 4.57 Å². The van der Waals surface area contributed by atoms with E-state index >= 15 is 0 Å². The summed E-state index contributed by atoms with van der Waals surface area (Å²) < 4.78 is 6.78. The van der Waals surface area contributed by atoms with Gasteiger partial charge in [0.05, 0.1) is 5.52 Å². The largest absolute Gasteiger partial charge is 0.420 e. The molecular formula is C16H18N2O4. The number of rotatable bonds is 1. The number of para-hydroxylation sites is 1. The third kappa shape index (κ3) is 2.24. The summed E-state index contributed by atoms with van der Waals surface area (Å²) in [7, 11) is 0. The first-order valence-electron chi connectivity index (χ1n) is 7.27. The van der Waals surface area contributed by atoms with Crippen LogP contribution in [-0.2, 0) is 15.0 Å². The molecule has 2 aromatic rings. The molecule has 22 heavy (non-hydrogen) atoms. The van der Waals surface area contributed by atoms with Crippen LogP contribution in [0, 0.1) is 0 Å². The zero-order valence-corrected chi connectivity index (χ0v) is 12.8. The van der Waals surface area contributed by atoms with Crippen LogP contribution in [0.1, 0.15) is 45.2 Å². The minimum absolute atomic E-state index is 0.188. The topological polar surface area (TPSA) is 81.3 Å². The summed E-state index contributed by atoms with van der Waals surface area (Å²) in [5.74, 6) is -1.33. The van der Waals surface area contributed by atoms with Gasteiger partial charge in [-0.1, -0.05) is 32.9 Å². The number of nitrogens with one attached hydrogen (secondary N) is 1. The highest BCUT2D eigenvalue weighted by molar-refractivity contribution is 6.00. The molecule has 0 spiro atoms. The number of benzene rings is 1. The van der Waals surface area contributed by atoms with Crippen LogP contribution in [0.5, 0.6) is 0 Å². The van der Waals surface area contributed by atoms with E-state index in [0.717, 1.165) is 5.56 Å². The number of hydrogen-bond acceptors (Lipinski definition) is 4. The van der Waals surface area contributed by atoms with Crippen molar-refractivity contribution in [2.45, 2.75) is 45.1 Å². The number of piperidine rings is 1. The number of amides is 2. The van der Waals surface area contributed by atoms with Gasteiger partial charge in [0.1, 0.15) is 6.04 Å². The summed E-state index contributed by atoms with van der Waals surface area (Å²) in [6.07, 6.45) is 0.521. The maximum Gasteiger partial charge on any atom is 0.420 e. The van der Waals surface area contributed by atoms with Gasteiger partial charge in [-0.2, -0.15) is 0 Å². The minimum atomic E-state index is -0.707. The first-order valence-corrected chi connectivity index (χ1v) is 7.27. The zero-order valence-electron chi connectivity index (χ0n) is 12.8. The number of hydrogen-bond donors (Lipinski definition) is 1. The second kappa shape index (κ2) is 4.83. The van der Waals surface area contributed by atoms with Crippen LogP contribution in [0.15, 0.2) is 27.4 Å². The average Bonchev–Trinajstić information content (AvgIpc) is 2.74. The van der Waals surface area contributed by atoms with Crippen molar-refractivity contribution in [1.29, 1.82) is 0 Å². The second-order valence-electron chi connectivity index (χ2n) is 6.61. The van der Waals surface area contributed by atoms with Crippen LogP contribution in [0.25, 0.3) is 11.1 Å². The Balaban J connectivity index is 2.20. The summed E-state index contributed by atoms with van der Waals surface area (Å²) in [5.41, 5.74) is 1.82. The van der Waals surface area contributed by atoms with Crippen molar-refractivity contribution in [3.05, 3.63) is 34.3 Å². The lowest BCUT2D eigenvalue weighted by Gasteiger charge is -2.22. The predicted octanol–water partition coefficient (Wildman–Crippen LogP) is 1.87. The fourth-order valence-corrected chi connectivity index (χ4v) is 2.87. The Labute approximate surface area is 127 Å². The summed E-state index contributed by atoms with van der Waals surface area (Å²) in [5, 5.41) is 2.28. The van der Waals surface area contributed by atoms with Crippen LogP contribution in [-0.4, -0.2) is 16.4 Å². The lowest BCUT2D eigenvalue weighted by atomic mass is 9.86. The van der Waals surface area contributed by atoms with Crippen molar-refractivity contribution in [3.8, 4) is 0 Å². The van der Waals surface area contributed by atoms with Crippen LogP contribution < -0.4 is 11.1 Å². The molecule has 1 fully saturated rings. The fourth-order valence-electron chi connectivity index (χ4n) is 2.87. The van der Waals surface area contributed by atoms with Gasteiger partial charge in [0.15, 0.2) is 5.58 Å². The quantitative estimate of drug-likeness (QED) is 0.815. The molecule has 6 nitrogen and oxygen atoms in total. The lowest BCUT2D eigenvalue weighted by Crippen LogP contribution is -2.43. The van der Waals surface area contributed by atoms with Crippen LogP contribution in [0.2, 0.25) is 0 Å². The summed E-state index contributed by atoms with van der Waals surface area (Å²) >= 11 is 0. The molecule has 116 valence electrons. The number of fused-ring (bicyclic) bond motifs is 1. The average molecular weight is 302 g/mol. The van der Waals surface area contributed by atoms with E-state index < -0.39 is 17.7 Å². The molecule has 6 heteroatoms. The molecular weight excluding hydrogens is 284 g/mol. The molecule has 1 atom stereocenters. The second-order valence-corrected chi connectivity index (χ2v) is 6.61. The van der Waals surface area contributed by atoms with Crippen LogP contribution in [0.4, 0.5) is 0 Å². The van der Waals surface area contributed by atoms with E-state index in [2.05, 4.69) is 5.32 Å². The van der Waals surface area contributed by atoms with Gasteiger partial charge >= 0.3 is 5.76 Å². The number of carbonyl (C=O) groups is 2. The third-order valence-corrected chi connectivity index (χ3v) is 3.97. The van der Waals surface area contributed by atoms with Gasteiger partial charge < -0.3 is 4.42 Å². The molecule has 1 aliphatic rings. The molecule has 1 aliphatic heterocycles. The molecule has 0 unspecified atom stereocenters. The van der Waals surface area contributed by atoms with Crippen molar-refractivity contribution in [2.24, 2.45) is 0 Å². The molecule has 0 bridgehead atoms. The highest BCUT2D eigenvalue weighted by Gasteiger charge is 2.32. The predicted molar refractivity (Wildman–Crippen MR) is 80.6 cm³/mol. The number of oxazole rings is 1. The minimum Gasteiger partial charge on any atom is -0.407 e. The molecule has 2 heterocycles. The fraction of sp³-hybridized carbons (Fsp3) is 0.438. The number of nitrogens with zero attached hydrogens (tertiary/aromatic N) is 1. The van der Waals surface area contributed by atoms with Gasteiger partial charge in [-0.05, 0) is 17.9 Å². The van der Waals surface area contributed by atoms with Crippen molar-refractivity contribution >= 4 is 22.9 Å².